The molecule has 0 spiro atoms. The van der Waals surface area contributed by atoms with Gasteiger partial charge in [-0.3, -0.25) is 4.79 Å². The second-order valence-electron chi connectivity index (χ2n) is 8.11. The Morgan fingerprint density at radius 1 is 0.967 bits per heavy atom. The Balaban J connectivity index is 1.29. The molecule has 0 saturated carbocycles. The van der Waals surface area contributed by atoms with Gasteiger partial charge in [-0.2, -0.15) is 4.31 Å². The fourth-order valence-corrected chi connectivity index (χ4v) is 7.08. The Hall–Kier alpha value is -1.90. The van der Waals surface area contributed by atoms with Crippen molar-refractivity contribution in [1.82, 2.24) is 9.21 Å². The lowest BCUT2D eigenvalue weighted by Gasteiger charge is -2.39. The van der Waals surface area contributed by atoms with Gasteiger partial charge < -0.3 is 9.80 Å². The van der Waals surface area contributed by atoms with Crippen molar-refractivity contribution in [3.63, 3.8) is 0 Å². The molecule has 8 heteroatoms. The number of anilines is 1. The number of rotatable bonds is 5. The third kappa shape index (κ3) is 4.40. The van der Waals surface area contributed by atoms with Crippen molar-refractivity contribution >= 4 is 33.0 Å². The molecule has 4 rings (SSSR count). The first-order valence-electron chi connectivity index (χ1n) is 10.6. The summed E-state index contributed by atoms with van der Waals surface area (Å²) in [4.78, 5) is 17.4. The van der Waals surface area contributed by atoms with Crippen LogP contribution >= 0.6 is 11.3 Å². The summed E-state index contributed by atoms with van der Waals surface area (Å²) in [6.45, 7) is 6.17. The molecule has 2 aromatic rings. The van der Waals surface area contributed by atoms with Crippen LogP contribution in [0.25, 0.3) is 0 Å². The van der Waals surface area contributed by atoms with Gasteiger partial charge in [0.05, 0.1) is 0 Å². The minimum Gasteiger partial charge on any atom is -0.368 e. The number of piperazine rings is 1. The maximum Gasteiger partial charge on any atom is 0.252 e. The zero-order valence-corrected chi connectivity index (χ0v) is 18.9. The quantitative estimate of drug-likeness (QED) is 0.707. The summed E-state index contributed by atoms with van der Waals surface area (Å²) in [5.41, 5.74) is 1.21. The number of nitrogens with zero attached hydrogens (tertiary/aromatic N) is 3. The predicted octanol–water partition coefficient (Wildman–Crippen LogP) is 3.13. The van der Waals surface area contributed by atoms with Crippen LogP contribution in [0.2, 0.25) is 0 Å². The summed E-state index contributed by atoms with van der Waals surface area (Å²) < 4.78 is 27.4. The smallest absolute Gasteiger partial charge is 0.252 e. The van der Waals surface area contributed by atoms with Gasteiger partial charge in [0.2, 0.25) is 5.91 Å². The Morgan fingerprint density at radius 2 is 1.63 bits per heavy atom. The van der Waals surface area contributed by atoms with Crippen molar-refractivity contribution in [3.05, 3.63) is 47.8 Å². The van der Waals surface area contributed by atoms with Crippen molar-refractivity contribution in [2.24, 2.45) is 11.8 Å². The number of carbonyl (C=O) groups is 1. The van der Waals surface area contributed by atoms with Crippen molar-refractivity contribution < 1.29 is 13.2 Å². The van der Waals surface area contributed by atoms with E-state index in [1.165, 1.54) is 17.0 Å². The first kappa shape index (κ1) is 21.3. The molecule has 1 aromatic carbocycles. The second-order valence-corrected chi connectivity index (χ2v) is 11.2. The van der Waals surface area contributed by atoms with Gasteiger partial charge in [-0.05, 0) is 42.3 Å². The molecule has 0 aliphatic carbocycles. The highest BCUT2D eigenvalue weighted by Gasteiger charge is 2.35. The molecule has 2 saturated heterocycles. The molecule has 162 valence electrons. The van der Waals surface area contributed by atoms with Gasteiger partial charge in [0, 0.05) is 50.9 Å². The number of hydrogen-bond acceptors (Lipinski definition) is 5. The first-order valence-corrected chi connectivity index (χ1v) is 12.9. The Morgan fingerprint density at radius 3 is 2.23 bits per heavy atom. The van der Waals surface area contributed by atoms with Gasteiger partial charge in [-0.15, -0.1) is 11.3 Å². The molecule has 30 heavy (non-hydrogen) atoms. The fraction of sp³-hybridized carbons (Fsp3) is 0.500. The molecule has 6 nitrogen and oxygen atoms in total. The fourth-order valence-electron chi connectivity index (χ4n) is 4.47. The molecule has 1 atom stereocenters. The van der Waals surface area contributed by atoms with Crippen LogP contribution in [-0.4, -0.2) is 62.8 Å². The summed E-state index contributed by atoms with van der Waals surface area (Å²) in [6.07, 6.45) is 1.48. The SMILES string of the molecule is CC(C(=O)N1CCN(c2ccccc2)CC1)C1CCN(S(=O)(=O)c2cccs2)CC1. The Kier molecular flexibility index (Phi) is 6.46. The summed E-state index contributed by atoms with van der Waals surface area (Å²) in [7, 11) is -3.39. The molecule has 0 N–H and O–H groups in total. The van der Waals surface area contributed by atoms with E-state index >= 15 is 0 Å². The van der Waals surface area contributed by atoms with Gasteiger partial charge in [0.1, 0.15) is 4.21 Å². The zero-order chi connectivity index (χ0) is 21.1. The highest BCUT2D eigenvalue weighted by molar-refractivity contribution is 7.91. The lowest BCUT2D eigenvalue weighted by molar-refractivity contribution is -0.137. The van der Waals surface area contributed by atoms with E-state index in [1.807, 2.05) is 30.0 Å². The van der Waals surface area contributed by atoms with Crippen LogP contribution in [0.3, 0.4) is 0 Å². The number of benzene rings is 1. The van der Waals surface area contributed by atoms with Gasteiger partial charge in [0.15, 0.2) is 0 Å². The van der Waals surface area contributed by atoms with Gasteiger partial charge in [-0.25, -0.2) is 8.42 Å². The van der Waals surface area contributed by atoms with E-state index < -0.39 is 10.0 Å². The highest BCUT2D eigenvalue weighted by atomic mass is 32.2. The third-order valence-corrected chi connectivity index (χ3v) is 9.67. The molecule has 3 heterocycles. The van der Waals surface area contributed by atoms with Crippen molar-refractivity contribution in [1.29, 1.82) is 0 Å². The monoisotopic (exact) mass is 447 g/mol. The van der Waals surface area contributed by atoms with E-state index in [1.54, 1.807) is 21.8 Å². The second kappa shape index (κ2) is 9.08. The van der Waals surface area contributed by atoms with E-state index in [0.717, 1.165) is 39.0 Å². The van der Waals surface area contributed by atoms with Crippen LogP contribution in [0.15, 0.2) is 52.1 Å². The number of piperidine rings is 1. The van der Waals surface area contributed by atoms with Crippen LogP contribution in [0.4, 0.5) is 5.69 Å². The number of amides is 1. The van der Waals surface area contributed by atoms with Crippen LogP contribution in [-0.2, 0) is 14.8 Å². The molecule has 0 radical (unpaired) electrons. The molecular formula is C22H29N3O3S2. The number of carbonyl (C=O) groups excluding carboxylic acids is 1. The van der Waals surface area contributed by atoms with E-state index in [2.05, 4.69) is 17.0 Å². The Bertz CT molecular complexity index is 931. The molecule has 1 amide bonds. The molecule has 2 aliphatic heterocycles. The number of sulfonamides is 1. The maximum absolute atomic E-state index is 13.1. The van der Waals surface area contributed by atoms with Crippen molar-refractivity contribution in [3.8, 4) is 0 Å². The average Bonchev–Trinajstić information content (AvgIpc) is 3.35. The number of para-hydroxylation sites is 1. The summed E-state index contributed by atoms with van der Waals surface area (Å²) in [5.74, 6) is 0.376. The van der Waals surface area contributed by atoms with E-state index in [0.29, 0.717) is 17.3 Å². The van der Waals surface area contributed by atoms with Gasteiger partial charge in [0.25, 0.3) is 10.0 Å². The topological polar surface area (TPSA) is 60.9 Å². The lowest BCUT2D eigenvalue weighted by Crippen LogP contribution is -2.51. The predicted molar refractivity (Wildman–Crippen MR) is 120 cm³/mol. The van der Waals surface area contributed by atoms with Crippen molar-refractivity contribution in [2.45, 2.75) is 24.0 Å². The first-order chi connectivity index (χ1) is 14.5. The summed E-state index contributed by atoms with van der Waals surface area (Å²) in [6, 6.07) is 13.7. The summed E-state index contributed by atoms with van der Waals surface area (Å²) >= 11 is 1.26. The van der Waals surface area contributed by atoms with Gasteiger partial charge >= 0.3 is 0 Å². The van der Waals surface area contributed by atoms with E-state index in [9.17, 15) is 13.2 Å². The average molecular weight is 448 g/mol. The molecule has 2 aliphatic rings. The van der Waals surface area contributed by atoms with Crippen LogP contribution in [0, 0.1) is 11.8 Å². The lowest BCUT2D eigenvalue weighted by atomic mass is 9.85. The molecule has 1 unspecified atom stereocenters. The van der Waals surface area contributed by atoms with Crippen LogP contribution in [0.5, 0.6) is 0 Å². The third-order valence-electron chi connectivity index (χ3n) is 6.40. The molecule has 1 aromatic heterocycles. The standard InChI is InChI=1S/C22H29N3O3S2/c1-18(19-9-11-25(12-10-19)30(27,28)21-8-5-17-29-21)22(26)24-15-13-23(14-16-24)20-6-3-2-4-7-20/h2-8,17-19H,9-16H2,1H3. The van der Waals surface area contributed by atoms with E-state index in [4.69, 9.17) is 0 Å². The van der Waals surface area contributed by atoms with Crippen LogP contribution < -0.4 is 4.90 Å². The zero-order valence-electron chi connectivity index (χ0n) is 17.3. The maximum atomic E-state index is 13.1. The Labute approximate surface area is 183 Å². The largest absolute Gasteiger partial charge is 0.368 e. The molecule has 0 bridgehead atoms. The number of hydrogen-bond donors (Lipinski definition) is 0. The van der Waals surface area contributed by atoms with Crippen LogP contribution in [0.1, 0.15) is 19.8 Å². The van der Waals surface area contributed by atoms with E-state index in [-0.39, 0.29) is 17.7 Å². The molecular weight excluding hydrogens is 418 g/mol. The minimum absolute atomic E-state index is 0.0696. The van der Waals surface area contributed by atoms with Gasteiger partial charge in [-0.1, -0.05) is 31.2 Å². The molecule has 2 fully saturated rings. The minimum atomic E-state index is -3.39. The number of thiophene rings is 1. The highest BCUT2D eigenvalue weighted by Crippen LogP contribution is 2.31. The van der Waals surface area contributed by atoms with Crippen molar-refractivity contribution in [2.75, 3.05) is 44.2 Å². The summed E-state index contributed by atoms with van der Waals surface area (Å²) in [5, 5.41) is 1.79. The normalized spacial score (nSPS) is 20.3.